The van der Waals surface area contributed by atoms with Crippen LogP contribution in [0.4, 0.5) is 5.69 Å². The maximum atomic E-state index is 12.7. The lowest BCUT2D eigenvalue weighted by Crippen LogP contribution is -2.34. The Bertz CT molecular complexity index is 663. The molecule has 1 aromatic carbocycles. The van der Waals surface area contributed by atoms with E-state index < -0.39 is 5.97 Å². The Balaban J connectivity index is 1.79. The van der Waals surface area contributed by atoms with Gasteiger partial charge < -0.3 is 4.74 Å². The summed E-state index contributed by atoms with van der Waals surface area (Å²) in [5, 5.41) is 0. The summed E-state index contributed by atoms with van der Waals surface area (Å²) in [6.45, 7) is 2.30. The van der Waals surface area contributed by atoms with Gasteiger partial charge in [-0.2, -0.15) is 0 Å². The summed E-state index contributed by atoms with van der Waals surface area (Å²) in [7, 11) is 0. The van der Waals surface area contributed by atoms with Crippen LogP contribution in [0, 0.1) is 11.8 Å². The molecule has 25 heavy (non-hydrogen) atoms. The van der Waals surface area contributed by atoms with Crippen molar-refractivity contribution in [2.75, 3.05) is 11.5 Å². The Kier molecular flexibility index (Phi) is 5.63. The zero-order chi connectivity index (χ0) is 18.1. The summed E-state index contributed by atoms with van der Waals surface area (Å²) in [5.41, 5.74) is 0.920. The van der Waals surface area contributed by atoms with E-state index in [4.69, 9.17) is 4.74 Å². The van der Waals surface area contributed by atoms with Gasteiger partial charge >= 0.3 is 5.97 Å². The van der Waals surface area contributed by atoms with Gasteiger partial charge in [0.1, 0.15) is 0 Å². The van der Waals surface area contributed by atoms with Gasteiger partial charge in [-0.1, -0.05) is 38.8 Å². The zero-order valence-corrected chi connectivity index (χ0v) is 17.0. The van der Waals surface area contributed by atoms with Crippen LogP contribution in [-0.2, 0) is 14.3 Å². The van der Waals surface area contributed by atoms with Gasteiger partial charge in [0.2, 0.25) is 11.8 Å². The van der Waals surface area contributed by atoms with Gasteiger partial charge in [0, 0.05) is 9.65 Å². The van der Waals surface area contributed by atoms with Crippen LogP contribution in [0.5, 0.6) is 0 Å². The van der Waals surface area contributed by atoms with E-state index in [1.807, 2.05) is 6.92 Å². The van der Waals surface area contributed by atoms with Crippen LogP contribution >= 0.6 is 31.9 Å². The van der Waals surface area contributed by atoms with Crippen LogP contribution < -0.4 is 4.90 Å². The molecule has 2 aliphatic rings. The van der Waals surface area contributed by atoms with Crippen LogP contribution in [0.2, 0.25) is 0 Å². The number of benzene rings is 1. The minimum absolute atomic E-state index is 0.153. The highest BCUT2D eigenvalue weighted by molar-refractivity contribution is 9.12. The normalized spacial score (nSPS) is 28.8. The molecule has 1 aromatic rings. The highest BCUT2D eigenvalue weighted by Crippen LogP contribution is 2.44. The van der Waals surface area contributed by atoms with E-state index in [2.05, 4.69) is 31.9 Å². The van der Waals surface area contributed by atoms with Crippen molar-refractivity contribution in [1.29, 1.82) is 0 Å². The molecule has 0 bridgehead atoms. The SMILES string of the molecule is CCCOC(=O)c1ccc(N2C(=O)C3CC(Br)C(Br)CC3C2=O)cc1. The predicted molar refractivity (Wildman–Crippen MR) is 101 cm³/mol. The van der Waals surface area contributed by atoms with Crippen LogP contribution in [0.3, 0.4) is 0 Å². The van der Waals surface area contributed by atoms with E-state index in [9.17, 15) is 14.4 Å². The minimum Gasteiger partial charge on any atom is -0.462 e. The van der Waals surface area contributed by atoms with Crippen molar-refractivity contribution in [3.63, 3.8) is 0 Å². The number of amides is 2. The van der Waals surface area contributed by atoms with Crippen LogP contribution in [-0.4, -0.2) is 34.0 Å². The fourth-order valence-electron chi connectivity index (χ4n) is 3.37. The summed E-state index contributed by atoms with van der Waals surface area (Å²) in [6, 6.07) is 6.45. The van der Waals surface area contributed by atoms with Gasteiger partial charge in [-0.05, 0) is 43.5 Å². The van der Waals surface area contributed by atoms with E-state index in [1.165, 1.54) is 4.90 Å². The average molecular weight is 473 g/mol. The maximum Gasteiger partial charge on any atom is 0.338 e. The van der Waals surface area contributed by atoms with Crippen LogP contribution in [0.25, 0.3) is 0 Å². The molecule has 5 nitrogen and oxygen atoms in total. The first-order valence-electron chi connectivity index (χ1n) is 8.37. The quantitative estimate of drug-likeness (QED) is 0.381. The number of hydrogen-bond donors (Lipinski definition) is 0. The third kappa shape index (κ3) is 3.53. The van der Waals surface area contributed by atoms with Crippen LogP contribution in [0.1, 0.15) is 36.5 Å². The Labute approximate surface area is 163 Å². The number of imide groups is 1. The van der Waals surface area contributed by atoms with Crippen molar-refractivity contribution in [2.45, 2.75) is 35.8 Å². The zero-order valence-electron chi connectivity index (χ0n) is 13.8. The third-order valence-corrected chi connectivity index (χ3v) is 7.44. The van der Waals surface area contributed by atoms with Gasteiger partial charge in [0.15, 0.2) is 0 Å². The van der Waals surface area contributed by atoms with Crippen molar-refractivity contribution in [3.8, 4) is 0 Å². The molecule has 1 aliphatic heterocycles. The topological polar surface area (TPSA) is 63.7 Å². The largest absolute Gasteiger partial charge is 0.462 e. The Morgan fingerprint density at radius 1 is 1.08 bits per heavy atom. The summed E-state index contributed by atoms with van der Waals surface area (Å²) >= 11 is 7.16. The smallest absolute Gasteiger partial charge is 0.338 e. The average Bonchev–Trinajstić information content (AvgIpc) is 2.84. The minimum atomic E-state index is -0.398. The molecule has 0 N–H and O–H groups in total. The molecule has 3 rings (SSSR count). The van der Waals surface area contributed by atoms with E-state index in [1.54, 1.807) is 24.3 Å². The van der Waals surface area contributed by atoms with E-state index in [0.29, 0.717) is 30.7 Å². The molecule has 134 valence electrons. The number of esters is 1. The molecule has 7 heteroatoms. The summed E-state index contributed by atoms with van der Waals surface area (Å²) < 4.78 is 5.09. The summed E-state index contributed by atoms with van der Waals surface area (Å²) in [6.07, 6.45) is 2.04. The summed E-state index contributed by atoms with van der Waals surface area (Å²) in [5.74, 6) is -1.26. The Morgan fingerprint density at radius 3 is 2.08 bits per heavy atom. The van der Waals surface area contributed by atoms with E-state index in [0.717, 1.165) is 6.42 Å². The number of hydrogen-bond acceptors (Lipinski definition) is 4. The first kappa shape index (κ1) is 18.6. The predicted octanol–water partition coefficient (Wildman–Crippen LogP) is 3.68. The highest BCUT2D eigenvalue weighted by Gasteiger charge is 2.52. The molecule has 4 unspecified atom stereocenters. The third-order valence-electron chi connectivity index (χ3n) is 4.71. The fourth-order valence-corrected chi connectivity index (χ4v) is 4.61. The van der Waals surface area contributed by atoms with Gasteiger partial charge in [0.25, 0.3) is 0 Å². The molecule has 1 saturated heterocycles. The second-order valence-electron chi connectivity index (χ2n) is 6.41. The summed E-state index contributed by atoms with van der Waals surface area (Å²) in [4.78, 5) is 39.0. The van der Waals surface area contributed by atoms with E-state index in [-0.39, 0.29) is 33.3 Å². The van der Waals surface area contributed by atoms with Crippen LogP contribution in [0.15, 0.2) is 24.3 Å². The molecule has 0 spiro atoms. The van der Waals surface area contributed by atoms with Gasteiger partial charge in [-0.25, -0.2) is 4.79 Å². The molecule has 2 amide bonds. The molecule has 4 atom stereocenters. The number of carbonyl (C=O) groups excluding carboxylic acids is 3. The van der Waals surface area contributed by atoms with Gasteiger partial charge in [-0.3, -0.25) is 14.5 Å². The number of ether oxygens (including phenoxy) is 1. The van der Waals surface area contributed by atoms with Crippen molar-refractivity contribution in [3.05, 3.63) is 29.8 Å². The molecular weight excluding hydrogens is 454 g/mol. The lowest BCUT2D eigenvalue weighted by molar-refractivity contribution is -0.122. The maximum absolute atomic E-state index is 12.7. The van der Waals surface area contributed by atoms with Gasteiger partial charge in [0.05, 0.1) is 29.7 Å². The standard InChI is InChI=1S/C18H19Br2NO4/c1-2-7-25-18(24)10-3-5-11(6-4-10)21-16(22)12-8-14(19)15(20)9-13(12)17(21)23/h3-6,12-15H,2,7-9H2,1H3. The first-order chi connectivity index (χ1) is 11.9. The molecular formula is C18H19Br2NO4. The number of fused-ring (bicyclic) bond motifs is 1. The molecule has 0 aromatic heterocycles. The number of halogens is 2. The molecule has 1 heterocycles. The van der Waals surface area contributed by atoms with Crippen molar-refractivity contribution in [1.82, 2.24) is 0 Å². The molecule has 0 radical (unpaired) electrons. The van der Waals surface area contributed by atoms with Crippen molar-refractivity contribution < 1.29 is 19.1 Å². The molecule has 2 fully saturated rings. The number of rotatable bonds is 4. The number of alkyl halides is 2. The number of nitrogens with zero attached hydrogens (tertiary/aromatic N) is 1. The van der Waals surface area contributed by atoms with Crippen molar-refractivity contribution in [2.24, 2.45) is 11.8 Å². The lowest BCUT2D eigenvalue weighted by Gasteiger charge is -2.29. The molecule has 1 aliphatic carbocycles. The lowest BCUT2D eigenvalue weighted by atomic mass is 9.81. The van der Waals surface area contributed by atoms with Crippen molar-refractivity contribution >= 4 is 55.3 Å². The first-order valence-corrected chi connectivity index (χ1v) is 10.2. The fraction of sp³-hybridized carbons (Fsp3) is 0.500. The number of anilines is 1. The van der Waals surface area contributed by atoms with E-state index >= 15 is 0 Å². The second kappa shape index (κ2) is 7.58. The molecule has 1 saturated carbocycles. The Morgan fingerprint density at radius 2 is 1.60 bits per heavy atom. The Hall–Kier alpha value is -1.21. The second-order valence-corrected chi connectivity index (χ2v) is 8.76. The van der Waals surface area contributed by atoms with Gasteiger partial charge in [-0.15, -0.1) is 0 Å². The monoisotopic (exact) mass is 471 g/mol. The number of carbonyl (C=O) groups is 3. The highest BCUT2D eigenvalue weighted by atomic mass is 79.9.